The molecule has 0 radical (unpaired) electrons. The Labute approximate surface area is 150 Å². The lowest BCUT2D eigenvalue weighted by atomic mass is 9.90. The average Bonchev–Trinajstić information content (AvgIpc) is 2.51. The number of rotatable bonds is 7. The van der Waals surface area contributed by atoms with Crippen LogP contribution in [0.4, 0.5) is 5.69 Å². The third-order valence-corrected chi connectivity index (χ3v) is 4.53. The van der Waals surface area contributed by atoms with Gasteiger partial charge in [0.2, 0.25) is 11.8 Å². The van der Waals surface area contributed by atoms with E-state index in [9.17, 15) is 14.9 Å². The molecule has 1 atom stereocenters. The normalized spacial score (nSPS) is 13.2. The minimum atomic E-state index is -0.911. The summed E-state index contributed by atoms with van der Waals surface area (Å²) in [6, 6.07) is 7.55. The average molecular weight is 344 g/mol. The molecule has 1 aromatic rings. The molecule has 0 bridgehead atoms. The van der Waals surface area contributed by atoms with Gasteiger partial charge in [0.15, 0.2) is 0 Å². The van der Waals surface area contributed by atoms with Crippen LogP contribution >= 0.6 is 0 Å². The number of hydrogen-bond acceptors (Lipinski definition) is 4. The maximum absolute atomic E-state index is 12.5. The summed E-state index contributed by atoms with van der Waals surface area (Å²) in [5, 5.41) is 12.2. The van der Waals surface area contributed by atoms with E-state index in [0.717, 1.165) is 11.3 Å². The van der Waals surface area contributed by atoms with E-state index in [1.54, 1.807) is 19.1 Å². The van der Waals surface area contributed by atoms with E-state index in [2.05, 4.69) is 11.4 Å². The highest BCUT2D eigenvalue weighted by molar-refractivity contribution is 5.94. The van der Waals surface area contributed by atoms with Crippen molar-refractivity contribution < 1.29 is 9.59 Å². The van der Waals surface area contributed by atoms with Crippen molar-refractivity contribution in [3.8, 4) is 6.07 Å². The van der Waals surface area contributed by atoms with E-state index < -0.39 is 11.4 Å². The first-order valence-electron chi connectivity index (χ1n) is 8.41. The van der Waals surface area contributed by atoms with Gasteiger partial charge in [-0.2, -0.15) is 5.26 Å². The summed E-state index contributed by atoms with van der Waals surface area (Å²) < 4.78 is 0. The van der Waals surface area contributed by atoms with Crippen molar-refractivity contribution in [2.24, 2.45) is 11.7 Å². The molecule has 0 aromatic heterocycles. The van der Waals surface area contributed by atoms with Crippen LogP contribution in [0, 0.1) is 24.2 Å². The highest BCUT2D eigenvalue weighted by atomic mass is 16.2. The molecule has 0 aliphatic carbocycles. The fourth-order valence-electron chi connectivity index (χ4n) is 2.46. The number of nitrogens with one attached hydrogen (secondary N) is 1. The third-order valence-electron chi connectivity index (χ3n) is 4.53. The van der Waals surface area contributed by atoms with Crippen LogP contribution in [0.15, 0.2) is 18.2 Å². The van der Waals surface area contributed by atoms with E-state index in [1.165, 1.54) is 0 Å². The fraction of sp³-hybridized carbons (Fsp3) is 0.526. The number of amides is 2. The molecule has 6 heteroatoms. The number of nitrogens with two attached hydrogens (primary N) is 1. The van der Waals surface area contributed by atoms with Crippen LogP contribution in [-0.2, 0) is 4.79 Å². The molecule has 1 unspecified atom stereocenters. The van der Waals surface area contributed by atoms with Gasteiger partial charge >= 0.3 is 0 Å². The van der Waals surface area contributed by atoms with Gasteiger partial charge in [-0.25, -0.2) is 0 Å². The molecular weight excluding hydrogens is 316 g/mol. The van der Waals surface area contributed by atoms with Gasteiger partial charge in [-0.3, -0.25) is 9.59 Å². The van der Waals surface area contributed by atoms with E-state index in [-0.39, 0.29) is 24.4 Å². The Bertz CT molecular complexity index is 691. The summed E-state index contributed by atoms with van der Waals surface area (Å²) >= 11 is 0. The van der Waals surface area contributed by atoms with Gasteiger partial charge in [0.1, 0.15) is 5.54 Å². The summed E-state index contributed by atoms with van der Waals surface area (Å²) in [4.78, 5) is 25.8. The molecule has 0 aliphatic heterocycles. The smallest absolute Gasteiger partial charge is 0.248 e. The number of primary amides is 1. The van der Waals surface area contributed by atoms with Crippen molar-refractivity contribution >= 4 is 17.5 Å². The minimum absolute atomic E-state index is 0.00829. The lowest BCUT2D eigenvalue weighted by Gasteiger charge is -2.32. The summed E-state index contributed by atoms with van der Waals surface area (Å²) in [6.45, 7) is 11.4. The third kappa shape index (κ3) is 4.96. The van der Waals surface area contributed by atoms with Crippen LogP contribution in [0.2, 0.25) is 0 Å². The van der Waals surface area contributed by atoms with Gasteiger partial charge < -0.3 is 16.0 Å². The zero-order chi connectivity index (χ0) is 19.4. The van der Waals surface area contributed by atoms with Gasteiger partial charge in [-0.1, -0.05) is 13.8 Å². The Morgan fingerprint density at radius 3 is 2.32 bits per heavy atom. The van der Waals surface area contributed by atoms with E-state index >= 15 is 0 Å². The first-order chi connectivity index (χ1) is 11.5. The van der Waals surface area contributed by atoms with Crippen LogP contribution in [0.25, 0.3) is 0 Å². The lowest BCUT2D eigenvalue weighted by molar-refractivity contribution is -0.121. The number of carbonyl (C=O) groups is 2. The molecule has 2 amide bonds. The molecule has 3 N–H and O–H groups in total. The molecule has 136 valence electrons. The number of benzene rings is 1. The van der Waals surface area contributed by atoms with E-state index in [4.69, 9.17) is 5.73 Å². The van der Waals surface area contributed by atoms with Gasteiger partial charge in [-0.15, -0.1) is 0 Å². The summed E-state index contributed by atoms with van der Waals surface area (Å²) in [5.41, 5.74) is 6.50. The Morgan fingerprint density at radius 2 is 1.92 bits per heavy atom. The molecule has 6 nitrogen and oxygen atoms in total. The predicted molar refractivity (Wildman–Crippen MR) is 99.2 cm³/mol. The fourth-order valence-corrected chi connectivity index (χ4v) is 2.46. The molecule has 0 fully saturated rings. The minimum Gasteiger partial charge on any atom is -0.366 e. The molecule has 0 aliphatic rings. The van der Waals surface area contributed by atoms with E-state index in [1.807, 2.05) is 45.6 Å². The molecule has 1 aromatic carbocycles. The van der Waals surface area contributed by atoms with Gasteiger partial charge in [0.05, 0.1) is 12.6 Å². The molecule has 0 heterocycles. The maximum Gasteiger partial charge on any atom is 0.248 e. The van der Waals surface area contributed by atoms with Crippen molar-refractivity contribution in [3.63, 3.8) is 0 Å². The SMILES string of the molecule is Cc1cc(N(CC(=O)NC(C)(C#N)C(C)C)C(C)C)ccc1C(N)=O. The topological polar surface area (TPSA) is 99.2 Å². The Hall–Kier alpha value is -2.55. The first kappa shape index (κ1) is 20.5. The van der Waals surface area contributed by atoms with E-state index in [0.29, 0.717) is 5.56 Å². The summed E-state index contributed by atoms with van der Waals surface area (Å²) in [5.74, 6) is -0.700. The largest absolute Gasteiger partial charge is 0.366 e. The van der Waals surface area contributed by atoms with Crippen molar-refractivity contribution in [1.29, 1.82) is 5.26 Å². The number of hydrogen-bond donors (Lipinski definition) is 2. The van der Waals surface area contributed by atoms with Crippen LogP contribution < -0.4 is 16.0 Å². The number of nitrogens with zero attached hydrogens (tertiary/aromatic N) is 2. The summed E-state index contributed by atoms with van der Waals surface area (Å²) in [6.07, 6.45) is 0. The van der Waals surface area contributed by atoms with Gasteiger partial charge in [0.25, 0.3) is 0 Å². The highest BCUT2D eigenvalue weighted by Gasteiger charge is 2.30. The Balaban J connectivity index is 3.03. The van der Waals surface area contributed by atoms with Crippen molar-refractivity contribution in [2.75, 3.05) is 11.4 Å². The predicted octanol–water partition coefficient (Wildman–Crippen LogP) is 2.36. The second-order valence-electron chi connectivity index (χ2n) is 7.10. The van der Waals surface area contributed by atoms with Crippen LogP contribution in [0.5, 0.6) is 0 Å². The van der Waals surface area contributed by atoms with Gasteiger partial charge in [0, 0.05) is 17.3 Å². The lowest BCUT2D eigenvalue weighted by Crippen LogP contribution is -2.52. The monoisotopic (exact) mass is 344 g/mol. The van der Waals surface area contributed by atoms with Crippen molar-refractivity contribution in [1.82, 2.24) is 5.32 Å². The first-order valence-corrected chi connectivity index (χ1v) is 8.41. The molecule has 0 saturated heterocycles. The molecule has 0 saturated carbocycles. The van der Waals surface area contributed by atoms with Crippen LogP contribution in [0.1, 0.15) is 50.5 Å². The number of aryl methyl sites for hydroxylation is 1. The standard InChI is InChI=1S/C19H28N4O2/c1-12(2)19(6,11-20)22-17(24)10-23(13(3)4)15-7-8-16(18(21)25)14(5)9-15/h7-9,12-13H,10H2,1-6H3,(H2,21,25)(H,22,24). The molecular formula is C19H28N4O2. The Morgan fingerprint density at radius 1 is 1.32 bits per heavy atom. The van der Waals surface area contributed by atoms with Gasteiger partial charge in [-0.05, 0) is 57.4 Å². The number of anilines is 1. The van der Waals surface area contributed by atoms with Crippen LogP contribution in [0.3, 0.4) is 0 Å². The quantitative estimate of drug-likeness (QED) is 0.793. The van der Waals surface area contributed by atoms with Crippen molar-refractivity contribution in [2.45, 2.75) is 53.1 Å². The highest BCUT2D eigenvalue weighted by Crippen LogP contribution is 2.22. The zero-order valence-corrected chi connectivity index (χ0v) is 15.9. The Kier molecular flexibility index (Phi) is 6.57. The molecule has 25 heavy (non-hydrogen) atoms. The zero-order valence-electron chi connectivity index (χ0n) is 15.9. The summed E-state index contributed by atoms with van der Waals surface area (Å²) in [7, 11) is 0. The number of carbonyl (C=O) groups excluding carboxylic acids is 2. The second-order valence-corrected chi connectivity index (χ2v) is 7.10. The second kappa shape index (κ2) is 8.02. The maximum atomic E-state index is 12.5. The van der Waals surface area contributed by atoms with Crippen LogP contribution in [-0.4, -0.2) is 29.9 Å². The molecule has 1 rings (SSSR count). The molecule has 0 spiro atoms. The van der Waals surface area contributed by atoms with Crippen molar-refractivity contribution in [3.05, 3.63) is 29.3 Å². The number of nitriles is 1.